The van der Waals surface area contributed by atoms with Crippen LogP contribution in [-0.2, 0) is 15.1 Å². The molecule has 0 fully saturated rings. The molecule has 1 atom stereocenters. The quantitative estimate of drug-likeness (QED) is 0.858. The first-order chi connectivity index (χ1) is 10.0. The van der Waals surface area contributed by atoms with Gasteiger partial charge in [0.2, 0.25) is 0 Å². The van der Waals surface area contributed by atoms with Crippen molar-refractivity contribution in [3.05, 3.63) is 28.5 Å². The SMILES string of the molecule is COc1ccc(F)c(Cl)c1C(C)(C=O)NC(=O)OC(C)(C)C. The van der Waals surface area contributed by atoms with Crippen molar-refractivity contribution in [1.29, 1.82) is 0 Å². The lowest BCUT2D eigenvalue weighted by Crippen LogP contribution is -2.47. The fraction of sp³-hybridized carbons (Fsp3) is 0.467. The molecule has 0 aliphatic heterocycles. The van der Waals surface area contributed by atoms with Crippen LogP contribution in [0.3, 0.4) is 0 Å². The fourth-order valence-electron chi connectivity index (χ4n) is 1.85. The van der Waals surface area contributed by atoms with Gasteiger partial charge in [-0.25, -0.2) is 9.18 Å². The first-order valence-electron chi connectivity index (χ1n) is 6.54. The van der Waals surface area contributed by atoms with Crippen LogP contribution in [0.15, 0.2) is 12.1 Å². The summed E-state index contributed by atoms with van der Waals surface area (Å²) in [5.41, 5.74) is -2.33. The van der Waals surface area contributed by atoms with Gasteiger partial charge < -0.3 is 19.6 Å². The minimum absolute atomic E-state index is 0.0255. The number of ether oxygens (including phenoxy) is 2. The Bertz CT molecular complexity index is 586. The third-order valence-corrected chi connectivity index (χ3v) is 3.16. The molecule has 1 amide bonds. The standard InChI is InChI=1S/C15H19ClFNO4/c1-14(2,3)22-13(20)18-15(4,8-19)11-10(21-5)7-6-9(17)12(11)16/h6-8H,1-5H3,(H,18,20). The minimum Gasteiger partial charge on any atom is -0.496 e. The molecule has 22 heavy (non-hydrogen) atoms. The molecule has 1 aromatic rings. The predicted molar refractivity (Wildman–Crippen MR) is 80.7 cm³/mol. The Labute approximate surface area is 133 Å². The Kier molecular flexibility index (Phi) is 5.40. The number of alkyl carbamates (subject to hydrolysis) is 1. The van der Waals surface area contributed by atoms with Crippen LogP contribution in [0.4, 0.5) is 9.18 Å². The average molecular weight is 332 g/mol. The highest BCUT2D eigenvalue weighted by Gasteiger charge is 2.36. The van der Waals surface area contributed by atoms with E-state index in [1.54, 1.807) is 20.8 Å². The van der Waals surface area contributed by atoms with Crippen LogP contribution in [0.2, 0.25) is 5.02 Å². The Balaban J connectivity index is 3.27. The van der Waals surface area contributed by atoms with Crippen LogP contribution < -0.4 is 10.1 Å². The lowest BCUT2D eigenvalue weighted by molar-refractivity contribution is -0.113. The van der Waals surface area contributed by atoms with Crippen molar-refractivity contribution in [1.82, 2.24) is 5.32 Å². The lowest BCUT2D eigenvalue weighted by atomic mass is 9.92. The maximum atomic E-state index is 13.7. The summed E-state index contributed by atoms with van der Waals surface area (Å²) in [6.07, 6.45) is -0.385. The van der Waals surface area contributed by atoms with E-state index in [4.69, 9.17) is 21.1 Å². The molecule has 0 aliphatic rings. The maximum absolute atomic E-state index is 13.7. The highest BCUT2D eigenvalue weighted by Crippen LogP contribution is 2.36. The first-order valence-corrected chi connectivity index (χ1v) is 6.92. The summed E-state index contributed by atoms with van der Waals surface area (Å²) in [5.74, 6) is -0.548. The summed E-state index contributed by atoms with van der Waals surface area (Å²) in [6, 6.07) is 2.44. The number of hydrogen-bond donors (Lipinski definition) is 1. The molecule has 1 unspecified atom stereocenters. The van der Waals surface area contributed by atoms with E-state index in [9.17, 15) is 14.0 Å². The maximum Gasteiger partial charge on any atom is 0.408 e. The highest BCUT2D eigenvalue weighted by molar-refractivity contribution is 6.32. The van der Waals surface area contributed by atoms with Crippen LogP contribution in [0.5, 0.6) is 5.75 Å². The minimum atomic E-state index is -1.60. The summed E-state index contributed by atoms with van der Waals surface area (Å²) in [7, 11) is 1.35. The van der Waals surface area contributed by atoms with Crippen LogP contribution in [0, 0.1) is 5.82 Å². The van der Waals surface area contributed by atoms with Gasteiger partial charge in [0, 0.05) is 5.56 Å². The van der Waals surface area contributed by atoms with Gasteiger partial charge in [-0.3, -0.25) is 0 Å². The van der Waals surface area contributed by atoms with Gasteiger partial charge in [0.15, 0.2) is 0 Å². The summed E-state index contributed by atoms with van der Waals surface area (Å²) in [6.45, 7) is 6.43. The van der Waals surface area contributed by atoms with E-state index in [-0.39, 0.29) is 16.3 Å². The molecular formula is C15H19ClFNO4. The molecule has 0 heterocycles. The number of rotatable bonds is 4. The Morgan fingerprint density at radius 2 is 1.91 bits per heavy atom. The number of benzene rings is 1. The largest absolute Gasteiger partial charge is 0.496 e. The number of halogens is 2. The van der Waals surface area contributed by atoms with E-state index >= 15 is 0 Å². The average Bonchev–Trinajstić information content (AvgIpc) is 2.39. The Hall–Kier alpha value is -1.82. The van der Waals surface area contributed by atoms with Gasteiger partial charge in [0.05, 0.1) is 12.1 Å². The van der Waals surface area contributed by atoms with E-state index in [1.165, 1.54) is 20.1 Å². The number of carbonyl (C=O) groups is 2. The second-order valence-electron chi connectivity index (χ2n) is 5.89. The van der Waals surface area contributed by atoms with Gasteiger partial charge in [-0.1, -0.05) is 11.6 Å². The summed E-state index contributed by atoms with van der Waals surface area (Å²) in [4.78, 5) is 23.5. The topological polar surface area (TPSA) is 64.6 Å². The van der Waals surface area contributed by atoms with Crippen LogP contribution in [0.1, 0.15) is 33.3 Å². The third-order valence-electron chi connectivity index (χ3n) is 2.79. The molecule has 5 nitrogen and oxygen atoms in total. The zero-order valence-corrected chi connectivity index (χ0v) is 13.9. The molecular weight excluding hydrogens is 313 g/mol. The Morgan fingerprint density at radius 3 is 2.36 bits per heavy atom. The van der Waals surface area contributed by atoms with Crippen LogP contribution in [0.25, 0.3) is 0 Å². The van der Waals surface area contributed by atoms with Crippen LogP contribution in [-0.4, -0.2) is 25.1 Å². The molecule has 1 N–H and O–H groups in total. The number of methoxy groups -OCH3 is 1. The van der Waals surface area contributed by atoms with Crippen molar-refractivity contribution in [2.24, 2.45) is 0 Å². The molecule has 0 bridgehead atoms. The van der Waals surface area contributed by atoms with Gasteiger partial charge in [-0.05, 0) is 39.8 Å². The van der Waals surface area contributed by atoms with Crippen molar-refractivity contribution in [3.63, 3.8) is 0 Å². The molecule has 7 heteroatoms. The first kappa shape index (κ1) is 18.2. The highest BCUT2D eigenvalue weighted by atomic mass is 35.5. The zero-order chi connectivity index (χ0) is 17.1. The molecule has 122 valence electrons. The van der Waals surface area contributed by atoms with E-state index in [0.29, 0.717) is 6.29 Å². The third kappa shape index (κ3) is 4.10. The molecule has 0 spiro atoms. The van der Waals surface area contributed by atoms with Crippen molar-refractivity contribution >= 4 is 24.0 Å². The second-order valence-corrected chi connectivity index (χ2v) is 6.26. The normalized spacial score (nSPS) is 14.0. The van der Waals surface area contributed by atoms with E-state index in [0.717, 1.165) is 6.07 Å². The van der Waals surface area contributed by atoms with Crippen molar-refractivity contribution in [2.75, 3.05) is 7.11 Å². The van der Waals surface area contributed by atoms with E-state index < -0.39 is 23.1 Å². The van der Waals surface area contributed by atoms with Gasteiger partial charge in [-0.2, -0.15) is 0 Å². The molecule has 0 aliphatic carbocycles. The summed E-state index contributed by atoms with van der Waals surface area (Å²) < 4.78 is 23.9. The van der Waals surface area contributed by atoms with Crippen molar-refractivity contribution < 1.29 is 23.5 Å². The molecule has 0 saturated carbocycles. The van der Waals surface area contributed by atoms with E-state index in [1.807, 2.05) is 0 Å². The molecule has 1 aromatic carbocycles. The van der Waals surface area contributed by atoms with Gasteiger partial charge >= 0.3 is 6.09 Å². The van der Waals surface area contributed by atoms with Crippen LogP contribution >= 0.6 is 11.6 Å². The van der Waals surface area contributed by atoms with Crippen molar-refractivity contribution in [2.45, 2.75) is 38.8 Å². The van der Waals surface area contributed by atoms with E-state index in [2.05, 4.69) is 5.32 Å². The van der Waals surface area contributed by atoms with Gasteiger partial charge in [0.25, 0.3) is 0 Å². The van der Waals surface area contributed by atoms with Crippen molar-refractivity contribution in [3.8, 4) is 5.75 Å². The number of hydrogen-bond acceptors (Lipinski definition) is 4. The monoisotopic (exact) mass is 331 g/mol. The number of carbonyl (C=O) groups excluding carboxylic acids is 2. The lowest BCUT2D eigenvalue weighted by Gasteiger charge is -2.29. The summed E-state index contributed by atoms with van der Waals surface area (Å²) >= 11 is 5.95. The fourth-order valence-corrected chi connectivity index (χ4v) is 2.21. The molecule has 1 rings (SSSR count). The zero-order valence-electron chi connectivity index (χ0n) is 13.1. The smallest absolute Gasteiger partial charge is 0.408 e. The molecule has 0 saturated heterocycles. The predicted octanol–water partition coefficient (Wildman–Crippen LogP) is 3.43. The van der Waals surface area contributed by atoms with Gasteiger partial charge in [0.1, 0.15) is 29.0 Å². The second kappa shape index (κ2) is 6.52. The number of aldehydes is 1. The number of nitrogens with one attached hydrogen (secondary N) is 1. The Morgan fingerprint density at radius 1 is 1.32 bits per heavy atom. The molecule has 0 aromatic heterocycles. The molecule has 0 radical (unpaired) electrons. The summed E-state index contributed by atoms with van der Waals surface area (Å²) in [5, 5.41) is 2.10. The van der Waals surface area contributed by atoms with Gasteiger partial charge in [-0.15, -0.1) is 0 Å². The number of amides is 1.